The maximum absolute atomic E-state index is 13.4. The highest BCUT2D eigenvalue weighted by Crippen LogP contribution is 2.44. The number of fused-ring (bicyclic) bond motifs is 1. The van der Waals surface area contributed by atoms with Crippen molar-refractivity contribution in [1.82, 2.24) is 24.3 Å². The molecule has 0 spiro atoms. The van der Waals surface area contributed by atoms with Gasteiger partial charge in [0.25, 0.3) is 0 Å². The Balaban J connectivity index is 1.55. The first-order chi connectivity index (χ1) is 13.8. The number of aryl methyl sites for hydroxylation is 1. The molecular weight excluding hydrogens is 390 g/mol. The Bertz CT molecular complexity index is 850. The van der Waals surface area contributed by atoms with Crippen molar-refractivity contribution in [2.75, 3.05) is 38.5 Å². The van der Waals surface area contributed by atoms with E-state index < -0.39 is 15.4 Å². The smallest absolute Gasteiger partial charge is 0.227 e. The van der Waals surface area contributed by atoms with E-state index in [-0.39, 0.29) is 17.6 Å². The molecule has 1 N–H and O–H groups in total. The Hall–Kier alpha value is -1.45. The summed E-state index contributed by atoms with van der Waals surface area (Å²) in [6.45, 7) is 5.57. The molecule has 8 nitrogen and oxygen atoms in total. The van der Waals surface area contributed by atoms with Crippen LogP contribution in [0.25, 0.3) is 0 Å². The molecule has 0 aromatic carbocycles. The van der Waals surface area contributed by atoms with Crippen molar-refractivity contribution < 1.29 is 13.2 Å². The van der Waals surface area contributed by atoms with Gasteiger partial charge < -0.3 is 5.32 Å². The minimum Gasteiger partial charge on any atom is -0.355 e. The second kappa shape index (κ2) is 8.00. The molecule has 3 heterocycles. The molecule has 1 aliphatic carbocycles. The number of nitrogens with one attached hydrogen (secondary N) is 1. The first-order valence-corrected chi connectivity index (χ1v) is 12.4. The van der Waals surface area contributed by atoms with Crippen LogP contribution in [0.15, 0.2) is 12.4 Å². The Kier molecular flexibility index (Phi) is 5.74. The lowest BCUT2D eigenvalue weighted by Crippen LogP contribution is -2.48. The first-order valence-electron chi connectivity index (χ1n) is 10.8. The molecule has 1 amide bonds. The molecule has 1 aromatic rings. The Morgan fingerprint density at radius 2 is 2.14 bits per heavy atom. The van der Waals surface area contributed by atoms with Gasteiger partial charge in [0.05, 0.1) is 17.4 Å². The van der Waals surface area contributed by atoms with Crippen molar-refractivity contribution in [3.05, 3.63) is 18.0 Å². The lowest BCUT2D eigenvalue weighted by molar-refractivity contribution is -0.132. The van der Waals surface area contributed by atoms with Crippen LogP contribution in [0, 0.1) is 17.3 Å². The average Bonchev–Trinajstić information content (AvgIpc) is 3.38. The molecule has 3 aliphatic rings. The summed E-state index contributed by atoms with van der Waals surface area (Å²) < 4.78 is 28.6. The third-order valence-electron chi connectivity index (χ3n) is 6.84. The quantitative estimate of drug-likeness (QED) is 0.701. The van der Waals surface area contributed by atoms with Crippen LogP contribution in [0.4, 0.5) is 0 Å². The molecule has 0 unspecified atom stereocenters. The maximum atomic E-state index is 13.4. The van der Waals surface area contributed by atoms with Crippen LogP contribution in [-0.4, -0.2) is 71.8 Å². The predicted octanol–water partition coefficient (Wildman–Crippen LogP) is 0.810. The van der Waals surface area contributed by atoms with Gasteiger partial charge in [-0.15, -0.1) is 0 Å². The van der Waals surface area contributed by atoms with E-state index in [1.165, 1.54) is 12.8 Å². The molecule has 29 heavy (non-hydrogen) atoms. The summed E-state index contributed by atoms with van der Waals surface area (Å²) in [5, 5.41) is 7.46. The van der Waals surface area contributed by atoms with Crippen molar-refractivity contribution in [3.8, 4) is 0 Å². The number of aromatic nitrogens is 2. The minimum atomic E-state index is -3.25. The molecule has 1 aromatic heterocycles. The van der Waals surface area contributed by atoms with Gasteiger partial charge in [-0.1, -0.05) is 0 Å². The topological polar surface area (TPSA) is 87.5 Å². The van der Waals surface area contributed by atoms with Crippen molar-refractivity contribution in [2.24, 2.45) is 24.3 Å². The molecule has 0 radical (unpaired) electrons. The second-order valence-corrected chi connectivity index (χ2v) is 11.3. The molecule has 9 heteroatoms. The second-order valence-electron chi connectivity index (χ2n) is 9.06. The third kappa shape index (κ3) is 4.36. The zero-order valence-corrected chi connectivity index (χ0v) is 18.3. The monoisotopic (exact) mass is 423 g/mol. The zero-order chi connectivity index (χ0) is 20.6. The van der Waals surface area contributed by atoms with Crippen molar-refractivity contribution in [1.29, 1.82) is 0 Å². The van der Waals surface area contributed by atoms with E-state index in [1.54, 1.807) is 15.9 Å². The number of rotatable bonds is 7. The first kappa shape index (κ1) is 20.8. The van der Waals surface area contributed by atoms with Gasteiger partial charge in [0.2, 0.25) is 15.9 Å². The van der Waals surface area contributed by atoms with E-state index in [1.807, 2.05) is 19.4 Å². The van der Waals surface area contributed by atoms with Crippen molar-refractivity contribution >= 4 is 15.9 Å². The molecule has 162 valence electrons. The lowest BCUT2D eigenvalue weighted by atomic mass is 9.74. The summed E-state index contributed by atoms with van der Waals surface area (Å²) in [6, 6.07) is 0. The summed E-state index contributed by atoms with van der Waals surface area (Å²) in [7, 11) is -1.35. The predicted molar refractivity (Wildman–Crippen MR) is 110 cm³/mol. The van der Waals surface area contributed by atoms with E-state index in [4.69, 9.17) is 0 Å². The summed E-state index contributed by atoms with van der Waals surface area (Å²) in [6.07, 6.45) is 7.74. The Morgan fingerprint density at radius 3 is 2.79 bits per heavy atom. The van der Waals surface area contributed by atoms with E-state index in [9.17, 15) is 13.2 Å². The van der Waals surface area contributed by atoms with Crippen LogP contribution in [0.2, 0.25) is 0 Å². The van der Waals surface area contributed by atoms with Crippen molar-refractivity contribution in [3.63, 3.8) is 0 Å². The fourth-order valence-electron chi connectivity index (χ4n) is 4.98. The highest BCUT2D eigenvalue weighted by Gasteiger charge is 2.53. The molecule has 3 fully saturated rings. The van der Waals surface area contributed by atoms with Gasteiger partial charge in [-0.3, -0.25) is 14.4 Å². The molecule has 2 atom stereocenters. The average molecular weight is 424 g/mol. The van der Waals surface area contributed by atoms with Crippen LogP contribution < -0.4 is 5.32 Å². The molecule has 0 bridgehead atoms. The fraction of sp³-hybridized carbons (Fsp3) is 0.800. The number of carbonyl (C=O) groups is 1. The number of hydrogen-bond donors (Lipinski definition) is 1. The summed E-state index contributed by atoms with van der Waals surface area (Å²) in [4.78, 5) is 15.7. The molecular formula is C20H33N5O3S. The fourth-order valence-corrected chi connectivity index (χ4v) is 6.16. The lowest BCUT2D eigenvalue weighted by Gasteiger charge is -2.32. The van der Waals surface area contributed by atoms with Crippen LogP contribution in [-0.2, 0) is 28.4 Å². The molecule has 4 rings (SSSR count). The number of amides is 1. The Morgan fingerprint density at radius 1 is 1.34 bits per heavy atom. The van der Waals surface area contributed by atoms with E-state index in [2.05, 4.69) is 15.3 Å². The van der Waals surface area contributed by atoms with Gasteiger partial charge in [-0.05, 0) is 38.5 Å². The number of hydrogen-bond acceptors (Lipinski definition) is 5. The highest BCUT2D eigenvalue weighted by molar-refractivity contribution is 7.89. The molecule has 1 saturated carbocycles. The van der Waals surface area contributed by atoms with Gasteiger partial charge in [-0.2, -0.15) is 5.10 Å². The Labute approximate surface area is 173 Å². The van der Waals surface area contributed by atoms with Crippen molar-refractivity contribution in [2.45, 2.75) is 39.2 Å². The number of sulfonamides is 1. The number of nitrogens with zero attached hydrogens (tertiary/aromatic N) is 4. The van der Waals surface area contributed by atoms with Crippen LogP contribution in [0.3, 0.4) is 0 Å². The van der Waals surface area contributed by atoms with Crippen LogP contribution in [0.1, 0.15) is 38.2 Å². The highest BCUT2D eigenvalue weighted by atomic mass is 32.2. The third-order valence-corrected chi connectivity index (χ3v) is 8.69. The summed E-state index contributed by atoms with van der Waals surface area (Å²) >= 11 is 0. The summed E-state index contributed by atoms with van der Waals surface area (Å²) in [5.41, 5.74) is 0.616. The maximum Gasteiger partial charge on any atom is 0.227 e. The van der Waals surface area contributed by atoms with Crippen LogP contribution in [0.5, 0.6) is 0 Å². The van der Waals surface area contributed by atoms with Gasteiger partial charge in [0.1, 0.15) is 0 Å². The SMILES string of the molecule is CCS(=O)(=O)N1CCC[C@]2(C(=O)NCC3CC3)CN(Cc3cnn(C)c3)C[C@H]2C1. The van der Waals surface area contributed by atoms with Gasteiger partial charge in [-0.25, -0.2) is 12.7 Å². The van der Waals surface area contributed by atoms with E-state index >= 15 is 0 Å². The molecule has 2 aliphatic heterocycles. The number of carbonyl (C=O) groups excluding carboxylic acids is 1. The normalized spacial score (nSPS) is 28.8. The largest absolute Gasteiger partial charge is 0.355 e. The van der Waals surface area contributed by atoms with Crippen LogP contribution >= 0.6 is 0 Å². The van der Waals surface area contributed by atoms with Gasteiger partial charge in [0, 0.05) is 64.0 Å². The summed E-state index contributed by atoms with van der Waals surface area (Å²) in [5.74, 6) is 0.880. The van der Waals surface area contributed by atoms with E-state index in [0.29, 0.717) is 25.6 Å². The van der Waals surface area contributed by atoms with Gasteiger partial charge >= 0.3 is 0 Å². The minimum absolute atomic E-state index is 0.0159. The zero-order valence-electron chi connectivity index (χ0n) is 17.5. The standard InChI is InChI=1S/C20H33N5O3S/c1-3-29(27,28)25-8-4-7-20(19(26)21-9-16-5-6-16)15-24(13-18(20)14-25)12-17-10-22-23(2)11-17/h10-11,16,18H,3-9,12-15H2,1-2H3,(H,21,26)/t18-,20-/m0/s1. The van der Waals surface area contributed by atoms with Gasteiger partial charge in [0.15, 0.2) is 0 Å². The number of likely N-dealkylation sites (tertiary alicyclic amines) is 1. The molecule has 2 saturated heterocycles. The van der Waals surface area contributed by atoms with E-state index in [0.717, 1.165) is 38.0 Å².